The number of nitrogens with two attached hydrogens (primary N) is 1. The average molecular weight is 430 g/mol. The van der Waals surface area contributed by atoms with Crippen molar-refractivity contribution in [3.8, 4) is 17.0 Å². The third kappa shape index (κ3) is 3.16. The number of methoxy groups -OCH3 is 1. The van der Waals surface area contributed by atoms with Crippen molar-refractivity contribution in [1.82, 2.24) is 20.3 Å². The van der Waals surface area contributed by atoms with Gasteiger partial charge in [0, 0.05) is 29.7 Å². The van der Waals surface area contributed by atoms with Gasteiger partial charge in [0.25, 0.3) is 0 Å². The van der Waals surface area contributed by atoms with Crippen molar-refractivity contribution in [3.05, 3.63) is 107 Å². The van der Waals surface area contributed by atoms with E-state index < -0.39 is 11.7 Å². The monoisotopic (exact) mass is 429 g/mol. The molecule has 0 spiro atoms. The molecule has 1 aliphatic rings. The van der Waals surface area contributed by atoms with Gasteiger partial charge in [0.1, 0.15) is 11.9 Å². The molecule has 5 rings (SSSR count). The lowest BCUT2D eigenvalue weighted by Gasteiger charge is -2.33. The molecule has 0 saturated heterocycles. The van der Waals surface area contributed by atoms with E-state index in [4.69, 9.17) is 22.1 Å². The second-order valence-electron chi connectivity index (χ2n) is 7.33. The summed E-state index contributed by atoms with van der Waals surface area (Å²) in [5, 5.41) is 4.11. The molecule has 1 aliphatic heterocycles. The minimum Gasteiger partial charge on any atom is -0.495 e. The number of rotatable bonds is 4. The summed E-state index contributed by atoms with van der Waals surface area (Å²) < 4.78 is 5.36. The van der Waals surface area contributed by atoms with Gasteiger partial charge in [-0.1, -0.05) is 41.9 Å². The van der Waals surface area contributed by atoms with Crippen molar-refractivity contribution >= 4 is 11.6 Å². The topological polar surface area (TPSA) is 86.0 Å². The number of benzene rings is 2. The molecule has 0 radical (unpaired) electrons. The molecular weight excluding hydrogens is 410 g/mol. The number of halogens is 1. The van der Waals surface area contributed by atoms with Crippen molar-refractivity contribution in [2.45, 2.75) is 11.7 Å². The SMILES string of the molecule is COc1ccc(C2(c3cccc(-c4cnccn4)c3)NC(N)c3ncccc32)cc1Cl. The van der Waals surface area contributed by atoms with Gasteiger partial charge in [-0.2, -0.15) is 0 Å². The summed E-state index contributed by atoms with van der Waals surface area (Å²) in [6.07, 6.45) is 6.42. The number of hydrogen-bond donors (Lipinski definition) is 2. The van der Waals surface area contributed by atoms with Gasteiger partial charge in [-0.25, -0.2) is 0 Å². The lowest BCUT2D eigenvalue weighted by atomic mass is 9.78. The summed E-state index contributed by atoms with van der Waals surface area (Å²) in [5.74, 6) is 0.614. The number of aromatic nitrogens is 3. The average Bonchev–Trinajstić information content (AvgIpc) is 3.13. The lowest BCUT2D eigenvalue weighted by molar-refractivity contribution is 0.413. The van der Waals surface area contributed by atoms with Gasteiger partial charge in [0.15, 0.2) is 0 Å². The molecule has 2 atom stereocenters. The number of pyridine rings is 1. The van der Waals surface area contributed by atoms with Gasteiger partial charge in [-0.3, -0.25) is 20.3 Å². The summed E-state index contributed by atoms with van der Waals surface area (Å²) >= 11 is 6.53. The zero-order chi connectivity index (χ0) is 21.4. The summed E-state index contributed by atoms with van der Waals surface area (Å²) in [5.41, 5.74) is 11.2. The van der Waals surface area contributed by atoms with E-state index in [1.165, 1.54) is 0 Å². The van der Waals surface area contributed by atoms with Crippen LogP contribution in [0, 0.1) is 0 Å². The Morgan fingerprint density at radius 2 is 1.87 bits per heavy atom. The molecule has 0 saturated carbocycles. The van der Waals surface area contributed by atoms with Crippen molar-refractivity contribution in [1.29, 1.82) is 0 Å². The molecule has 31 heavy (non-hydrogen) atoms. The van der Waals surface area contributed by atoms with Crippen molar-refractivity contribution in [3.63, 3.8) is 0 Å². The standard InChI is InChI=1S/C24H20ClN5O/c1-31-21-8-7-17(13-19(21)25)24(18-6-3-9-29-22(18)23(26)30-24)16-5-2-4-15(12-16)20-14-27-10-11-28-20/h2-14,23,30H,26H2,1H3. The molecular formula is C24H20ClN5O. The normalized spacial score (nSPS) is 19.8. The Bertz CT molecular complexity index is 1250. The van der Waals surface area contributed by atoms with E-state index in [0.717, 1.165) is 33.6 Å². The molecule has 2 aromatic carbocycles. The van der Waals surface area contributed by atoms with Crippen molar-refractivity contribution in [2.24, 2.45) is 5.73 Å². The Morgan fingerprint density at radius 1 is 1.00 bits per heavy atom. The quantitative estimate of drug-likeness (QED) is 0.509. The fraction of sp³-hybridized carbons (Fsp3) is 0.125. The van der Waals surface area contributed by atoms with E-state index in [1.807, 2.05) is 36.4 Å². The molecule has 0 fully saturated rings. The molecule has 0 amide bonds. The summed E-state index contributed by atoms with van der Waals surface area (Å²) in [6.45, 7) is 0. The summed E-state index contributed by atoms with van der Waals surface area (Å²) in [6, 6.07) is 17.9. The Hall–Kier alpha value is -3.32. The van der Waals surface area contributed by atoms with Gasteiger partial charge in [0.2, 0.25) is 0 Å². The first kappa shape index (κ1) is 19.6. The first-order valence-corrected chi connectivity index (χ1v) is 10.2. The van der Waals surface area contributed by atoms with Gasteiger partial charge in [0.05, 0.1) is 35.3 Å². The molecule has 0 bridgehead atoms. The Balaban J connectivity index is 1.77. The second kappa shape index (κ2) is 7.74. The van der Waals surface area contributed by atoms with Crippen LogP contribution in [0.3, 0.4) is 0 Å². The van der Waals surface area contributed by atoms with E-state index >= 15 is 0 Å². The van der Waals surface area contributed by atoms with Gasteiger partial charge < -0.3 is 10.5 Å². The van der Waals surface area contributed by atoms with Crippen LogP contribution in [-0.2, 0) is 5.54 Å². The first-order valence-electron chi connectivity index (χ1n) is 9.83. The van der Waals surface area contributed by atoms with E-state index in [-0.39, 0.29) is 0 Å². The largest absolute Gasteiger partial charge is 0.495 e. The molecule has 6 nitrogen and oxygen atoms in total. The Kier molecular flexibility index (Phi) is 4.90. The van der Waals surface area contributed by atoms with E-state index in [1.54, 1.807) is 31.9 Å². The predicted octanol–water partition coefficient (Wildman–Crippen LogP) is 4.05. The number of nitrogens with one attached hydrogen (secondary N) is 1. The minimum absolute atomic E-state index is 0.433. The molecule has 2 unspecified atom stereocenters. The second-order valence-corrected chi connectivity index (χ2v) is 7.74. The molecule has 0 aliphatic carbocycles. The highest BCUT2D eigenvalue weighted by Gasteiger charge is 2.46. The maximum atomic E-state index is 6.53. The highest BCUT2D eigenvalue weighted by atomic mass is 35.5. The molecule has 3 heterocycles. The molecule has 3 N–H and O–H groups in total. The van der Waals surface area contributed by atoms with E-state index in [0.29, 0.717) is 10.8 Å². The smallest absolute Gasteiger partial charge is 0.137 e. The van der Waals surface area contributed by atoms with Crippen LogP contribution in [0.5, 0.6) is 5.75 Å². The van der Waals surface area contributed by atoms with Crippen LogP contribution in [0.2, 0.25) is 5.02 Å². The fourth-order valence-electron chi connectivity index (χ4n) is 4.27. The lowest BCUT2D eigenvalue weighted by Crippen LogP contribution is -2.42. The van der Waals surface area contributed by atoms with Gasteiger partial charge in [-0.15, -0.1) is 0 Å². The third-order valence-electron chi connectivity index (χ3n) is 5.65. The number of ether oxygens (including phenoxy) is 1. The van der Waals surface area contributed by atoms with Crippen LogP contribution in [0.1, 0.15) is 28.6 Å². The Morgan fingerprint density at radius 3 is 2.65 bits per heavy atom. The number of hydrogen-bond acceptors (Lipinski definition) is 6. The first-order chi connectivity index (χ1) is 15.1. The third-order valence-corrected chi connectivity index (χ3v) is 5.94. The van der Waals surface area contributed by atoms with E-state index in [2.05, 4.69) is 38.5 Å². The molecule has 4 aromatic rings. The zero-order valence-electron chi connectivity index (χ0n) is 16.8. The van der Waals surface area contributed by atoms with E-state index in [9.17, 15) is 0 Å². The van der Waals surface area contributed by atoms with Crippen LogP contribution in [0.15, 0.2) is 79.4 Å². The van der Waals surface area contributed by atoms with Crippen LogP contribution in [0.4, 0.5) is 0 Å². The molecule has 7 heteroatoms. The van der Waals surface area contributed by atoms with Gasteiger partial charge >= 0.3 is 0 Å². The highest BCUT2D eigenvalue weighted by molar-refractivity contribution is 6.32. The summed E-state index contributed by atoms with van der Waals surface area (Å²) in [7, 11) is 1.60. The number of fused-ring (bicyclic) bond motifs is 1. The maximum Gasteiger partial charge on any atom is 0.137 e. The molecule has 2 aromatic heterocycles. The molecule has 154 valence electrons. The zero-order valence-corrected chi connectivity index (χ0v) is 17.5. The minimum atomic E-state index is -0.739. The van der Waals surface area contributed by atoms with Gasteiger partial charge in [-0.05, 0) is 35.4 Å². The van der Waals surface area contributed by atoms with Crippen LogP contribution in [-0.4, -0.2) is 22.1 Å². The Labute approximate surface area is 185 Å². The maximum absolute atomic E-state index is 6.53. The van der Waals surface area contributed by atoms with Crippen molar-refractivity contribution < 1.29 is 4.74 Å². The van der Waals surface area contributed by atoms with Crippen molar-refractivity contribution in [2.75, 3.05) is 7.11 Å². The predicted molar refractivity (Wildman–Crippen MR) is 120 cm³/mol. The van der Waals surface area contributed by atoms with Crippen LogP contribution < -0.4 is 15.8 Å². The highest BCUT2D eigenvalue weighted by Crippen LogP contribution is 2.46. The van der Waals surface area contributed by atoms with Crippen LogP contribution in [0.25, 0.3) is 11.3 Å². The van der Waals surface area contributed by atoms with Crippen LogP contribution >= 0.6 is 11.6 Å². The number of nitrogens with zero attached hydrogens (tertiary/aromatic N) is 3. The fourth-order valence-corrected chi connectivity index (χ4v) is 4.52. The summed E-state index contributed by atoms with van der Waals surface area (Å²) in [4.78, 5) is 13.2.